The summed E-state index contributed by atoms with van der Waals surface area (Å²) in [6.45, 7) is 9.39. The molecule has 0 radical (unpaired) electrons. The van der Waals surface area contributed by atoms with Crippen molar-refractivity contribution in [3.63, 3.8) is 0 Å². The SMILES string of the molecule is CC[C@H](C)c1csc(N(C)C(=O)CNC(=O)OC(C)(C)C)n1. The van der Waals surface area contributed by atoms with E-state index in [1.54, 1.807) is 27.8 Å². The van der Waals surface area contributed by atoms with Crippen molar-refractivity contribution in [2.75, 3.05) is 18.5 Å². The van der Waals surface area contributed by atoms with Gasteiger partial charge in [0.15, 0.2) is 5.13 Å². The number of nitrogens with one attached hydrogen (secondary N) is 1. The first-order valence-electron chi connectivity index (χ1n) is 7.33. The Hall–Kier alpha value is -1.63. The zero-order chi connectivity index (χ0) is 16.9. The van der Waals surface area contributed by atoms with E-state index in [0.29, 0.717) is 11.0 Å². The summed E-state index contributed by atoms with van der Waals surface area (Å²) >= 11 is 1.42. The first-order valence-corrected chi connectivity index (χ1v) is 8.20. The quantitative estimate of drug-likeness (QED) is 0.902. The van der Waals surface area contributed by atoms with Gasteiger partial charge in [-0.1, -0.05) is 13.8 Å². The molecule has 1 N–H and O–H groups in total. The van der Waals surface area contributed by atoms with Gasteiger partial charge in [0, 0.05) is 12.4 Å². The Bertz CT molecular complexity index is 522. The second-order valence-corrected chi connectivity index (χ2v) is 7.01. The van der Waals surface area contributed by atoms with Crippen LogP contribution in [0.25, 0.3) is 0 Å². The summed E-state index contributed by atoms with van der Waals surface area (Å²) in [5.41, 5.74) is 0.404. The first-order chi connectivity index (χ1) is 10.1. The van der Waals surface area contributed by atoms with Crippen LogP contribution in [0, 0.1) is 0 Å². The molecule has 1 aromatic rings. The summed E-state index contributed by atoms with van der Waals surface area (Å²) in [4.78, 5) is 29.5. The maximum Gasteiger partial charge on any atom is 0.408 e. The Morgan fingerprint density at radius 3 is 2.64 bits per heavy atom. The predicted octanol–water partition coefficient (Wildman–Crippen LogP) is 3.14. The molecule has 0 aliphatic heterocycles. The number of aromatic nitrogens is 1. The molecule has 22 heavy (non-hydrogen) atoms. The summed E-state index contributed by atoms with van der Waals surface area (Å²) in [5, 5.41) is 5.05. The molecule has 124 valence electrons. The molecule has 1 rings (SSSR count). The molecule has 7 heteroatoms. The van der Waals surface area contributed by atoms with Crippen LogP contribution in [0.15, 0.2) is 5.38 Å². The topological polar surface area (TPSA) is 71.5 Å². The molecule has 0 aromatic carbocycles. The molecule has 0 bridgehead atoms. The van der Waals surface area contributed by atoms with Gasteiger partial charge in [-0.3, -0.25) is 9.69 Å². The van der Waals surface area contributed by atoms with Gasteiger partial charge in [0.05, 0.1) is 5.69 Å². The van der Waals surface area contributed by atoms with Crippen molar-refractivity contribution in [3.8, 4) is 0 Å². The standard InChI is InChI=1S/C15H25N3O3S/c1-7-10(2)11-9-22-13(17-11)18(6)12(19)8-16-14(20)21-15(3,4)5/h9-10H,7-8H2,1-6H3,(H,16,20)/t10-/m0/s1. The number of alkyl carbamates (subject to hydrolysis) is 1. The fourth-order valence-electron chi connectivity index (χ4n) is 1.55. The number of nitrogens with zero attached hydrogens (tertiary/aromatic N) is 2. The monoisotopic (exact) mass is 327 g/mol. The number of carbonyl (C=O) groups excluding carboxylic acids is 2. The molecule has 0 saturated carbocycles. The average Bonchev–Trinajstić information content (AvgIpc) is 2.90. The summed E-state index contributed by atoms with van der Waals surface area (Å²) < 4.78 is 5.09. The van der Waals surface area contributed by atoms with E-state index in [-0.39, 0.29) is 12.5 Å². The van der Waals surface area contributed by atoms with Crippen LogP contribution < -0.4 is 10.2 Å². The van der Waals surface area contributed by atoms with E-state index in [4.69, 9.17) is 4.74 Å². The van der Waals surface area contributed by atoms with Gasteiger partial charge in [-0.15, -0.1) is 11.3 Å². The van der Waals surface area contributed by atoms with Crippen molar-refractivity contribution in [1.29, 1.82) is 0 Å². The third-order valence-electron chi connectivity index (χ3n) is 3.07. The van der Waals surface area contributed by atoms with Crippen LogP contribution in [-0.4, -0.2) is 36.2 Å². The fourth-order valence-corrected chi connectivity index (χ4v) is 2.48. The van der Waals surface area contributed by atoms with E-state index in [1.807, 2.05) is 5.38 Å². The van der Waals surface area contributed by atoms with Crippen molar-refractivity contribution >= 4 is 28.5 Å². The highest BCUT2D eigenvalue weighted by atomic mass is 32.1. The number of likely N-dealkylation sites (N-methyl/N-ethyl adjacent to an activating group) is 1. The molecule has 0 fully saturated rings. The average molecular weight is 327 g/mol. The molecule has 0 spiro atoms. The van der Waals surface area contributed by atoms with Crippen LogP contribution in [0.5, 0.6) is 0 Å². The molecule has 1 atom stereocenters. The second kappa shape index (κ2) is 7.58. The highest BCUT2D eigenvalue weighted by Gasteiger charge is 2.19. The molecule has 6 nitrogen and oxygen atoms in total. The smallest absolute Gasteiger partial charge is 0.408 e. The van der Waals surface area contributed by atoms with Gasteiger partial charge in [-0.2, -0.15) is 0 Å². The van der Waals surface area contributed by atoms with E-state index in [1.165, 1.54) is 16.2 Å². The van der Waals surface area contributed by atoms with Crippen LogP contribution in [-0.2, 0) is 9.53 Å². The van der Waals surface area contributed by atoms with E-state index in [9.17, 15) is 9.59 Å². The lowest BCUT2D eigenvalue weighted by molar-refractivity contribution is -0.117. The Morgan fingerprint density at radius 1 is 1.45 bits per heavy atom. The van der Waals surface area contributed by atoms with Crippen molar-refractivity contribution in [3.05, 3.63) is 11.1 Å². The summed E-state index contributed by atoms with van der Waals surface area (Å²) in [5.74, 6) is 0.129. The number of hydrogen-bond donors (Lipinski definition) is 1. The molecule has 2 amide bonds. The number of amides is 2. The van der Waals surface area contributed by atoms with Gasteiger partial charge in [0.1, 0.15) is 12.1 Å². The van der Waals surface area contributed by atoms with Gasteiger partial charge in [-0.05, 0) is 33.1 Å². The molecule has 0 saturated heterocycles. The van der Waals surface area contributed by atoms with Gasteiger partial charge in [-0.25, -0.2) is 9.78 Å². The summed E-state index contributed by atoms with van der Waals surface area (Å²) in [6, 6.07) is 0. The number of carbonyl (C=O) groups is 2. The number of anilines is 1. The van der Waals surface area contributed by atoms with Crippen LogP contribution in [0.4, 0.5) is 9.93 Å². The Labute approximate surface area is 135 Å². The highest BCUT2D eigenvalue weighted by Crippen LogP contribution is 2.25. The van der Waals surface area contributed by atoms with Gasteiger partial charge in [0.2, 0.25) is 5.91 Å². The lowest BCUT2D eigenvalue weighted by Gasteiger charge is -2.20. The van der Waals surface area contributed by atoms with Crippen molar-refractivity contribution in [2.45, 2.75) is 52.6 Å². The van der Waals surface area contributed by atoms with E-state index in [0.717, 1.165) is 12.1 Å². The molecule has 1 heterocycles. The van der Waals surface area contributed by atoms with Crippen LogP contribution in [0.3, 0.4) is 0 Å². The normalized spacial score (nSPS) is 12.6. The number of thiazole rings is 1. The van der Waals surface area contributed by atoms with Crippen molar-refractivity contribution in [1.82, 2.24) is 10.3 Å². The van der Waals surface area contributed by atoms with Crippen molar-refractivity contribution in [2.24, 2.45) is 0 Å². The summed E-state index contributed by atoms with van der Waals surface area (Å²) in [6.07, 6.45) is 0.398. The van der Waals surface area contributed by atoms with E-state index in [2.05, 4.69) is 24.1 Å². The number of rotatable bonds is 5. The fraction of sp³-hybridized carbons (Fsp3) is 0.667. The zero-order valence-corrected chi connectivity index (χ0v) is 14.9. The Morgan fingerprint density at radius 2 is 2.09 bits per heavy atom. The highest BCUT2D eigenvalue weighted by molar-refractivity contribution is 7.14. The van der Waals surface area contributed by atoms with Gasteiger partial charge >= 0.3 is 6.09 Å². The maximum atomic E-state index is 12.1. The zero-order valence-electron chi connectivity index (χ0n) is 14.1. The van der Waals surface area contributed by atoms with E-state index < -0.39 is 11.7 Å². The number of ether oxygens (including phenoxy) is 1. The molecule has 0 unspecified atom stereocenters. The van der Waals surface area contributed by atoms with Crippen LogP contribution >= 0.6 is 11.3 Å². The van der Waals surface area contributed by atoms with Gasteiger partial charge in [0.25, 0.3) is 0 Å². The molecule has 0 aliphatic rings. The van der Waals surface area contributed by atoms with Crippen molar-refractivity contribution < 1.29 is 14.3 Å². The summed E-state index contributed by atoms with van der Waals surface area (Å²) in [7, 11) is 1.65. The molecule has 1 aromatic heterocycles. The minimum absolute atomic E-state index is 0.121. The predicted molar refractivity (Wildman–Crippen MR) is 88.5 cm³/mol. The maximum absolute atomic E-state index is 12.1. The third-order valence-corrected chi connectivity index (χ3v) is 4.01. The largest absolute Gasteiger partial charge is 0.444 e. The lowest BCUT2D eigenvalue weighted by Crippen LogP contribution is -2.40. The van der Waals surface area contributed by atoms with Crippen LogP contribution in [0.2, 0.25) is 0 Å². The lowest BCUT2D eigenvalue weighted by atomic mass is 10.1. The minimum Gasteiger partial charge on any atom is -0.444 e. The third kappa shape index (κ3) is 5.63. The van der Waals surface area contributed by atoms with E-state index >= 15 is 0 Å². The molecular formula is C15H25N3O3S. The Balaban J connectivity index is 2.55. The van der Waals surface area contributed by atoms with Crippen LogP contribution in [0.1, 0.15) is 52.7 Å². The second-order valence-electron chi connectivity index (χ2n) is 6.17. The molecular weight excluding hydrogens is 302 g/mol. The van der Waals surface area contributed by atoms with Gasteiger partial charge < -0.3 is 10.1 Å². The molecule has 0 aliphatic carbocycles. The first kappa shape index (κ1) is 18.4. The minimum atomic E-state index is -0.603. The Kier molecular flexibility index (Phi) is 6.34. The number of hydrogen-bond acceptors (Lipinski definition) is 5.